The summed E-state index contributed by atoms with van der Waals surface area (Å²) in [5, 5.41) is 64.3. The first-order chi connectivity index (χ1) is 24.3. The maximum atomic E-state index is 12.9. The van der Waals surface area contributed by atoms with Gasteiger partial charge in [0.1, 0.15) is 30.5 Å². The average Bonchev–Trinajstić information content (AvgIpc) is 3.11. The SMILES string of the molecule is CCCCCCCCC/C=C\CC/C=C/[C@H](O)[C@@H](CO[C@@H]1O[C@H](CO)[C@@H](O)[C@H](O)[C@H]1O)NC(=O)[C@@H](O)CCCCCCCCCCCCCC. The van der Waals surface area contributed by atoms with Crippen molar-refractivity contribution >= 4 is 5.91 Å². The third-order valence-electron chi connectivity index (χ3n) is 9.64. The zero-order valence-electron chi connectivity index (χ0n) is 31.5. The van der Waals surface area contributed by atoms with Gasteiger partial charge in [-0.05, 0) is 32.1 Å². The molecule has 10 heteroatoms. The molecule has 0 aromatic heterocycles. The van der Waals surface area contributed by atoms with Crippen LogP contribution in [-0.4, -0.2) is 98.7 Å². The Morgan fingerprint density at radius 3 is 1.74 bits per heavy atom. The summed E-state index contributed by atoms with van der Waals surface area (Å²) in [5.74, 6) is -0.628. The molecule has 0 radical (unpaired) electrons. The first kappa shape index (κ1) is 46.7. The third-order valence-corrected chi connectivity index (χ3v) is 9.64. The minimum absolute atomic E-state index is 0.306. The molecule has 0 unspecified atom stereocenters. The van der Waals surface area contributed by atoms with E-state index in [1.54, 1.807) is 6.08 Å². The number of aliphatic hydroxyl groups is 6. The maximum absolute atomic E-state index is 12.9. The van der Waals surface area contributed by atoms with E-state index in [0.29, 0.717) is 19.3 Å². The van der Waals surface area contributed by atoms with Crippen LogP contribution in [0.15, 0.2) is 24.3 Å². The van der Waals surface area contributed by atoms with Crippen LogP contribution in [0.3, 0.4) is 0 Å². The van der Waals surface area contributed by atoms with Crippen molar-refractivity contribution in [2.24, 2.45) is 0 Å². The van der Waals surface area contributed by atoms with Gasteiger partial charge in [-0.2, -0.15) is 0 Å². The predicted octanol–water partition coefficient (Wildman–Crippen LogP) is 6.13. The Hall–Kier alpha value is -1.37. The summed E-state index contributed by atoms with van der Waals surface area (Å²) in [6.07, 6.45) is 24.1. The van der Waals surface area contributed by atoms with Crippen molar-refractivity contribution in [3.63, 3.8) is 0 Å². The van der Waals surface area contributed by atoms with E-state index in [2.05, 4.69) is 31.3 Å². The fourth-order valence-corrected chi connectivity index (χ4v) is 6.24. The van der Waals surface area contributed by atoms with Gasteiger partial charge < -0.3 is 45.4 Å². The zero-order valence-corrected chi connectivity index (χ0v) is 31.5. The fourth-order valence-electron chi connectivity index (χ4n) is 6.24. The van der Waals surface area contributed by atoms with Crippen LogP contribution in [0.25, 0.3) is 0 Å². The van der Waals surface area contributed by atoms with Gasteiger partial charge in [-0.3, -0.25) is 4.79 Å². The Kier molecular flexibility index (Phi) is 29.1. The Morgan fingerprint density at radius 1 is 0.680 bits per heavy atom. The largest absolute Gasteiger partial charge is 0.394 e. The van der Waals surface area contributed by atoms with Crippen molar-refractivity contribution in [2.75, 3.05) is 13.2 Å². The highest BCUT2D eigenvalue weighted by Gasteiger charge is 2.44. The van der Waals surface area contributed by atoms with Crippen molar-refractivity contribution in [2.45, 2.75) is 210 Å². The molecule has 0 spiro atoms. The molecule has 1 amide bonds. The van der Waals surface area contributed by atoms with Crippen LogP contribution in [0.4, 0.5) is 0 Å². The molecule has 7 N–H and O–H groups in total. The van der Waals surface area contributed by atoms with Crippen molar-refractivity contribution in [1.82, 2.24) is 5.32 Å². The quantitative estimate of drug-likeness (QED) is 0.0320. The van der Waals surface area contributed by atoms with Crippen LogP contribution < -0.4 is 5.32 Å². The highest BCUT2D eigenvalue weighted by Crippen LogP contribution is 2.22. The van der Waals surface area contributed by atoms with Crippen LogP contribution in [0, 0.1) is 0 Å². The number of hydrogen-bond acceptors (Lipinski definition) is 9. The highest BCUT2D eigenvalue weighted by molar-refractivity contribution is 5.80. The second-order valence-electron chi connectivity index (χ2n) is 14.2. The van der Waals surface area contributed by atoms with Crippen molar-refractivity contribution in [3.05, 3.63) is 24.3 Å². The van der Waals surface area contributed by atoms with Gasteiger partial charge in [0.25, 0.3) is 0 Å². The maximum Gasteiger partial charge on any atom is 0.249 e. The average molecular weight is 714 g/mol. The molecule has 8 atom stereocenters. The second-order valence-corrected chi connectivity index (χ2v) is 14.2. The summed E-state index contributed by atoms with van der Waals surface area (Å²) in [6, 6.07) is -0.990. The number of ether oxygens (including phenoxy) is 2. The summed E-state index contributed by atoms with van der Waals surface area (Å²) < 4.78 is 11.1. The number of aliphatic hydroxyl groups excluding tert-OH is 6. The van der Waals surface area contributed by atoms with E-state index in [1.807, 2.05) is 6.08 Å². The molecule has 10 nitrogen and oxygen atoms in total. The lowest BCUT2D eigenvalue weighted by Crippen LogP contribution is -2.60. The van der Waals surface area contributed by atoms with E-state index in [0.717, 1.165) is 32.1 Å². The molecule has 1 aliphatic rings. The molecule has 1 rings (SSSR count). The lowest BCUT2D eigenvalue weighted by Gasteiger charge is -2.40. The van der Waals surface area contributed by atoms with E-state index >= 15 is 0 Å². The lowest BCUT2D eigenvalue weighted by molar-refractivity contribution is -0.302. The van der Waals surface area contributed by atoms with Gasteiger partial charge in [-0.1, -0.05) is 154 Å². The normalized spacial score (nSPS) is 23.1. The molecule has 0 bridgehead atoms. The lowest BCUT2D eigenvalue weighted by atomic mass is 9.99. The van der Waals surface area contributed by atoms with Gasteiger partial charge in [-0.15, -0.1) is 0 Å². The Balaban J connectivity index is 2.54. The number of carbonyl (C=O) groups is 1. The van der Waals surface area contributed by atoms with Crippen LogP contribution in [-0.2, 0) is 14.3 Å². The monoisotopic (exact) mass is 714 g/mol. The summed E-state index contributed by atoms with van der Waals surface area (Å²) in [4.78, 5) is 12.9. The first-order valence-electron chi connectivity index (χ1n) is 20.2. The second kappa shape index (κ2) is 31.2. The number of carbonyl (C=O) groups excluding carboxylic acids is 1. The molecule has 0 aromatic carbocycles. The van der Waals surface area contributed by atoms with Crippen LogP contribution in [0.1, 0.15) is 162 Å². The van der Waals surface area contributed by atoms with Crippen molar-refractivity contribution in [1.29, 1.82) is 0 Å². The molecule has 1 heterocycles. The molecule has 1 saturated heterocycles. The molecular weight excluding hydrogens is 638 g/mol. The Morgan fingerprint density at radius 2 is 1.18 bits per heavy atom. The van der Waals surface area contributed by atoms with Gasteiger partial charge >= 0.3 is 0 Å². The number of nitrogens with one attached hydrogen (secondary N) is 1. The van der Waals surface area contributed by atoms with Crippen molar-refractivity contribution in [3.8, 4) is 0 Å². The van der Waals surface area contributed by atoms with E-state index in [9.17, 15) is 35.4 Å². The van der Waals surface area contributed by atoms with E-state index in [-0.39, 0.29) is 6.61 Å². The highest BCUT2D eigenvalue weighted by atomic mass is 16.7. The number of rotatable bonds is 32. The van der Waals surface area contributed by atoms with Crippen LogP contribution in [0.5, 0.6) is 0 Å². The third kappa shape index (κ3) is 21.9. The molecule has 294 valence electrons. The molecule has 0 aliphatic carbocycles. The molecule has 1 fully saturated rings. The van der Waals surface area contributed by atoms with E-state index < -0.39 is 61.5 Å². The van der Waals surface area contributed by atoms with E-state index in [4.69, 9.17) is 9.47 Å². The number of hydrogen-bond donors (Lipinski definition) is 7. The van der Waals surface area contributed by atoms with Gasteiger partial charge in [0, 0.05) is 0 Å². The Labute approximate surface area is 303 Å². The van der Waals surface area contributed by atoms with Gasteiger partial charge in [0.05, 0.1) is 25.4 Å². The standard InChI is InChI=1S/C40H75NO9/c1-3-5-7-9-11-13-15-17-19-20-22-24-26-28-33(43)32(31-49-40-38(47)37(46)36(45)35(30-42)50-40)41-39(48)34(44)29-27-25-23-21-18-16-14-12-10-8-6-4-2/h19-20,26,28,32-38,40,42-47H,3-18,21-25,27,29-31H2,1-2H3,(H,41,48)/b20-19-,28-26+/t32-,33+,34+,35-,36-,37+,38-,40-/m1/s1. The predicted molar refractivity (Wildman–Crippen MR) is 199 cm³/mol. The number of unbranched alkanes of at least 4 members (excludes halogenated alkanes) is 19. The molecular formula is C40H75NO9. The smallest absolute Gasteiger partial charge is 0.249 e. The minimum Gasteiger partial charge on any atom is -0.394 e. The summed E-state index contributed by atoms with van der Waals surface area (Å²) >= 11 is 0. The molecule has 0 saturated carbocycles. The molecule has 50 heavy (non-hydrogen) atoms. The topological polar surface area (TPSA) is 169 Å². The van der Waals surface area contributed by atoms with Crippen LogP contribution >= 0.6 is 0 Å². The molecule has 0 aromatic rings. The zero-order chi connectivity index (χ0) is 36.8. The summed E-state index contributed by atoms with van der Waals surface area (Å²) in [7, 11) is 0. The fraction of sp³-hybridized carbons (Fsp3) is 0.875. The number of allylic oxidation sites excluding steroid dienone is 3. The van der Waals surface area contributed by atoms with Gasteiger partial charge in [-0.25, -0.2) is 0 Å². The van der Waals surface area contributed by atoms with Crippen molar-refractivity contribution < 1.29 is 44.9 Å². The summed E-state index contributed by atoms with van der Waals surface area (Å²) in [5.41, 5.74) is 0. The van der Waals surface area contributed by atoms with Gasteiger partial charge in [0.15, 0.2) is 6.29 Å². The first-order valence-corrected chi connectivity index (χ1v) is 20.2. The summed E-state index contributed by atoms with van der Waals surface area (Å²) in [6.45, 7) is 3.54. The van der Waals surface area contributed by atoms with Gasteiger partial charge in [0.2, 0.25) is 5.91 Å². The Bertz CT molecular complexity index is 855. The van der Waals surface area contributed by atoms with E-state index in [1.165, 1.54) is 96.3 Å². The molecule has 1 aliphatic heterocycles. The van der Waals surface area contributed by atoms with Crippen LogP contribution in [0.2, 0.25) is 0 Å². The number of amides is 1. The minimum atomic E-state index is -1.61.